The Morgan fingerprint density at radius 1 is 1.03 bits per heavy atom. The number of rotatable bonds is 2. The molecule has 30 heavy (non-hydrogen) atoms. The Labute approximate surface area is 177 Å². The van der Waals surface area contributed by atoms with Crippen molar-refractivity contribution in [1.29, 1.82) is 0 Å². The predicted molar refractivity (Wildman–Crippen MR) is 116 cm³/mol. The largest absolute Gasteiger partial charge is 0.354 e. The van der Waals surface area contributed by atoms with Crippen molar-refractivity contribution in [3.63, 3.8) is 0 Å². The van der Waals surface area contributed by atoms with E-state index in [9.17, 15) is 4.79 Å². The molecule has 7 nitrogen and oxygen atoms in total. The normalized spacial score (nSPS) is 27.3. The minimum atomic E-state index is 0.128. The van der Waals surface area contributed by atoms with E-state index < -0.39 is 0 Å². The third-order valence-corrected chi connectivity index (χ3v) is 7.91. The Kier molecular flexibility index (Phi) is 4.66. The van der Waals surface area contributed by atoms with Crippen LogP contribution in [0.2, 0.25) is 0 Å². The number of likely N-dealkylation sites (tertiary alicyclic amines) is 1. The number of fused-ring (bicyclic) bond motifs is 3. The number of hydrogen-bond donors (Lipinski definition) is 1. The zero-order valence-corrected chi connectivity index (χ0v) is 17.7. The van der Waals surface area contributed by atoms with Gasteiger partial charge in [-0.05, 0) is 37.6 Å². The number of carbonyl (C=O) groups is 1. The van der Waals surface area contributed by atoms with Gasteiger partial charge in [0.15, 0.2) is 5.65 Å². The van der Waals surface area contributed by atoms with Gasteiger partial charge in [-0.1, -0.05) is 19.3 Å². The highest BCUT2D eigenvalue weighted by atomic mass is 16.2. The SMILES string of the molecule is O=C(C1CN(c2c3c(nc4ccnn24)CCNCC3)C1)N1CCC2CCCCC2C1. The molecule has 3 fully saturated rings. The maximum atomic E-state index is 13.2. The summed E-state index contributed by atoms with van der Waals surface area (Å²) in [6.07, 6.45) is 10.4. The van der Waals surface area contributed by atoms with Gasteiger partial charge in [-0.25, -0.2) is 4.98 Å². The molecule has 0 radical (unpaired) electrons. The van der Waals surface area contributed by atoms with Crippen molar-refractivity contribution in [3.8, 4) is 0 Å². The minimum Gasteiger partial charge on any atom is -0.354 e. The Hall–Kier alpha value is -2.15. The van der Waals surface area contributed by atoms with Crippen LogP contribution < -0.4 is 10.2 Å². The molecular formula is C23H32N6O. The molecule has 0 bridgehead atoms. The zero-order valence-electron chi connectivity index (χ0n) is 17.7. The molecule has 1 N–H and O–H groups in total. The summed E-state index contributed by atoms with van der Waals surface area (Å²) in [7, 11) is 0. The van der Waals surface area contributed by atoms with E-state index in [-0.39, 0.29) is 5.92 Å². The molecule has 2 atom stereocenters. The molecule has 2 unspecified atom stereocenters. The van der Waals surface area contributed by atoms with Crippen LogP contribution in [0.4, 0.5) is 5.82 Å². The number of nitrogens with one attached hydrogen (secondary N) is 1. The van der Waals surface area contributed by atoms with Crippen LogP contribution >= 0.6 is 0 Å². The van der Waals surface area contributed by atoms with Crippen LogP contribution in [0.1, 0.15) is 43.4 Å². The molecule has 2 aromatic rings. The molecule has 7 heteroatoms. The summed E-state index contributed by atoms with van der Waals surface area (Å²) in [5, 5.41) is 8.05. The van der Waals surface area contributed by atoms with Gasteiger partial charge in [-0.2, -0.15) is 9.61 Å². The van der Waals surface area contributed by atoms with Crippen LogP contribution in [-0.2, 0) is 17.6 Å². The van der Waals surface area contributed by atoms with Gasteiger partial charge in [0.2, 0.25) is 5.91 Å². The fourth-order valence-corrected chi connectivity index (χ4v) is 6.21. The number of nitrogens with zero attached hydrogens (tertiary/aromatic N) is 5. The van der Waals surface area contributed by atoms with Gasteiger partial charge >= 0.3 is 0 Å². The lowest BCUT2D eigenvalue weighted by molar-refractivity contribution is -0.139. The van der Waals surface area contributed by atoms with Crippen molar-refractivity contribution in [3.05, 3.63) is 23.5 Å². The number of carbonyl (C=O) groups excluding carboxylic acids is 1. The van der Waals surface area contributed by atoms with Crippen molar-refractivity contribution < 1.29 is 4.79 Å². The van der Waals surface area contributed by atoms with Crippen molar-refractivity contribution in [1.82, 2.24) is 24.8 Å². The molecule has 1 aliphatic carbocycles. The first kappa shape index (κ1) is 18.6. The van der Waals surface area contributed by atoms with Crippen LogP contribution in [-0.4, -0.2) is 64.7 Å². The van der Waals surface area contributed by atoms with E-state index in [1.54, 1.807) is 0 Å². The molecule has 1 saturated carbocycles. The third kappa shape index (κ3) is 3.09. The summed E-state index contributed by atoms with van der Waals surface area (Å²) in [5.74, 6) is 3.30. The van der Waals surface area contributed by atoms with E-state index in [0.29, 0.717) is 5.91 Å². The van der Waals surface area contributed by atoms with Crippen molar-refractivity contribution in [2.45, 2.75) is 44.9 Å². The lowest BCUT2D eigenvalue weighted by Gasteiger charge is -2.46. The number of aromatic nitrogens is 3. The van der Waals surface area contributed by atoms with E-state index in [2.05, 4.69) is 20.2 Å². The van der Waals surface area contributed by atoms with Gasteiger partial charge in [0.25, 0.3) is 0 Å². The van der Waals surface area contributed by atoms with Gasteiger partial charge in [0.1, 0.15) is 5.82 Å². The second kappa shape index (κ2) is 7.52. The van der Waals surface area contributed by atoms with Gasteiger partial charge < -0.3 is 15.1 Å². The summed E-state index contributed by atoms with van der Waals surface area (Å²) in [4.78, 5) is 22.7. The fraction of sp³-hybridized carbons (Fsp3) is 0.696. The highest BCUT2D eigenvalue weighted by molar-refractivity contribution is 5.82. The van der Waals surface area contributed by atoms with Crippen molar-refractivity contribution in [2.24, 2.45) is 17.8 Å². The quantitative estimate of drug-likeness (QED) is 0.822. The number of hydrogen-bond acceptors (Lipinski definition) is 5. The Bertz CT molecular complexity index is 949. The second-order valence-corrected chi connectivity index (χ2v) is 9.69. The van der Waals surface area contributed by atoms with Crippen LogP contribution in [0.25, 0.3) is 5.65 Å². The van der Waals surface area contributed by atoms with Crippen LogP contribution in [0.5, 0.6) is 0 Å². The molecule has 2 saturated heterocycles. The average molecular weight is 409 g/mol. The Morgan fingerprint density at radius 3 is 2.77 bits per heavy atom. The number of piperidine rings is 1. The summed E-state index contributed by atoms with van der Waals surface area (Å²) < 4.78 is 1.98. The lowest BCUT2D eigenvalue weighted by Crippen LogP contribution is -2.57. The first-order chi connectivity index (χ1) is 14.8. The lowest BCUT2D eigenvalue weighted by atomic mass is 9.75. The maximum absolute atomic E-state index is 13.2. The average Bonchev–Trinajstić information content (AvgIpc) is 3.08. The number of amides is 1. The minimum absolute atomic E-state index is 0.128. The monoisotopic (exact) mass is 408 g/mol. The van der Waals surface area contributed by atoms with Crippen LogP contribution in [0.3, 0.4) is 0 Å². The highest BCUT2D eigenvalue weighted by Gasteiger charge is 2.41. The molecule has 1 amide bonds. The smallest absolute Gasteiger partial charge is 0.229 e. The van der Waals surface area contributed by atoms with E-state index in [0.717, 1.165) is 69.6 Å². The molecule has 0 aromatic carbocycles. The van der Waals surface area contributed by atoms with E-state index in [1.807, 2.05) is 16.8 Å². The van der Waals surface area contributed by atoms with Crippen LogP contribution in [0, 0.1) is 17.8 Å². The fourth-order valence-electron chi connectivity index (χ4n) is 6.21. The number of anilines is 1. The van der Waals surface area contributed by atoms with Gasteiger partial charge in [-0.3, -0.25) is 4.79 Å². The first-order valence-electron chi connectivity index (χ1n) is 11.9. The second-order valence-electron chi connectivity index (χ2n) is 9.69. The molecule has 3 aliphatic heterocycles. The van der Waals surface area contributed by atoms with E-state index >= 15 is 0 Å². The van der Waals surface area contributed by atoms with Gasteiger partial charge in [0.05, 0.1) is 17.8 Å². The van der Waals surface area contributed by atoms with Crippen molar-refractivity contribution in [2.75, 3.05) is 44.2 Å². The summed E-state index contributed by atoms with van der Waals surface area (Å²) in [6.45, 7) is 5.53. The van der Waals surface area contributed by atoms with Crippen LogP contribution in [0.15, 0.2) is 12.3 Å². The topological polar surface area (TPSA) is 65.8 Å². The first-order valence-corrected chi connectivity index (χ1v) is 11.9. The zero-order chi connectivity index (χ0) is 20.1. The molecule has 160 valence electrons. The summed E-state index contributed by atoms with van der Waals surface area (Å²) in [5.41, 5.74) is 3.42. The molecule has 5 heterocycles. The molecule has 4 aliphatic rings. The standard InChI is InChI=1S/C23H32N6O/c30-23(27-12-8-16-3-1-2-4-17(16)13-27)18-14-28(15-18)22-19-5-9-24-10-6-20(19)26-21-7-11-25-29(21)22/h7,11,16-18,24H,1-6,8-10,12-15H2. The summed E-state index contributed by atoms with van der Waals surface area (Å²) >= 11 is 0. The van der Waals surface area contributed by atoms with Gasteiger partial charge in [-0.15, -0.1) is 0 Å². The molecular weight excluding hydrogens is 376 g/mol. The Morgan fingerprint density at radius 2 is 1.87 bits per heavy atom. The Balaban J connectivity index is 1.19. The molecule has 0 spiro atoms. The predicted octanol–water partition coefficient (Wildman–Crippen LogP) is 1.89. The van der Waals surface area contributed by atoms with E-state index in [1.165, 1.54) is 49.2 Å². The van der Waals surface area contributed by atoms with E-state index in [4.69, 9.17) is 4.98 Å². The molecule has 2 aromatic heterocycles. The van der Waals surface area contributed by atoms with Gasteiger partial charge in [0, 0.05) is 50.8 Å². The third-order valence-electron chi connectivity index (χ3n) is 7.91. The maximum Gasteiger partial charge on any atom is 0.229 e. The van der Waals surface area contributed by atoms with Crippen molar-refractivity contribution >= 4 is 17.4 Å². The summed E-state index contributed by atoms with van der Waals surface area (Å²) in [6, 6.07) is 1.98. The molecule has 6 rings (SSSR count). The highest BCUT2D eigenvalue weighted by Crippen LogP contribution is 2.37.